The number of amides is 2. The number of thioether (sulfide) groups is 1. The number of carboxylic acid groups (broad SMARTS) is 2. The first-order valence-electron chi connectivity index (χ1n) is 8.24. The van der Waals surface area contributed by atoms with E-state index >= 15 is 0 Å². The summed E-state index contributed by atoms with van der Waals surface area (Å²) in [6.07, 6.45) is -0.376. The molecule has 12 nitrogen and oxygen atoms in total. The van der Waals surface area contributed by atoms with Gasteiger partial charge in [0.15, 0.2) is 0 Å². The molecule has 0 fully saturated rings. The van der Waals surface area contributed by atoms with E-state index in [1.54, 1.807) is 0 Å². The molecule has 0 radical (unpaired) electrons. The molecule has 0 saturated carbocycles. The summed E-state index contributed by atoms with van der Waals surface area (Å²) in [7, 11) is 0. The van der Waals surface area contributed by atoms with E-state index < -0.39 is 47.3 Å². The Kier molecular flexibility index (Phi) is 9.55. The van der Waals surface area contributed by atoms with Crippen molar-refractivity contribution in [1.29, 1.82) is 0 Å². The van der Waals surface area contributed by atoms with Gasteiger partial charge in [0.05, 0.1) is 4.92 Å². The summed E-state index contributed by atoms with van der Waals surface area (Å²) in [6, 6.07) is 3.19. The molecule has 0 saturated heterocycles. The lowest BCUT2D eigenvalue weighted by atomic mass is 10.1. The summed E-state index contributed by atoms with van der Waals surface area (Å²) in [5.41, 5.74) is 5.22. The first-order chi connectivity index (χ1) is 13.6. The Hall–Kier alpha value is -3.19. The Bertz CT molecular complexity index is 771. The quantitative estimate of drug-likeness (QED) is 0.165. The van der Waals surface area contributed by atoms with Crippen LogP contribution in [-0.4, -0.2) is 63.3 Å². The van der Waals surface area contributed by atoms with Crippen molar-refractivity contribution in [3.05, 3.63) is 34.4 Å². The van der Waals surface area contributed by atoms with Crippen LogP contribution in [0.1, 0.15) is 12.8 Å². The van der Waals surface area contributed by atoms with Gasteiger partial charge in [-0.25, -0.2) is 0 Å². The van der Waals surface area contributed by atoms with E-state index in [1.165, 1.54) is 24.3 Å². The molecule has 29 heavy (non-hydrogen) atoms. The second-order valence-electron chi connectivity index (χ2n) is 5.78. The van der Waals surface area contributed by atoms with Crippen LogP contribution >= 0.6 is 11.8 Å². The van der Waals surface area contributed by atoms with Crippen LogP contribution in [0, 0.1) is 10.1 Å². The van der Waals surface area contributed by atoms with Crippen molar-refractivity contribution in [2.75, 3.05) is 12.3 Å². The molecule has 0 aliphatic carbocycles. The van der Waals surface area contributed by atoms with E-state index in [-0.39, 0.29) is 24.3 Å². The number of hydrogen-bond acceptors (Lipinski definition) is 8. The smallest absolute Gasteiger partial charge is 0.322 e. The number of hydrogen-bond donors (Lipinski definition) is 5. The average molecular weight is 428 g/mol. The maximum absolute atomic E-state index is 12.2. The number of nitrogens with zero attached hydrogens (tertiary/aromatic N) is 1. The predicted molar refractivity (Wildman–Crippen MR) is 101 cm³/mol. The second-order valence-corrected chi connectivity index (χ2v) is 6.87. The lowest BCUT2D eigenvalue weighted by molar-refractivity contribution is -0.384. The fraction of sp³-hybridized carbons (Fsp3) is 0.375. The second kappa shape index (κ2) is 11.6. The molecule has 0 aliphatic heterocycles. The van der Waals surface area contributed by atoms with E-state index in [1.807, 2.05) is 0 Å². The number of carboxylic acids is 2. The third-order valence-corrected chi connectivity index (χ3v) is 4.63. The monoisotopic (exact) mass is 428 g/mol. The molecule has 2 atom stereocenters. The number of non-ortho nitro benzene ring substituents is 1. The number of rotatable bonds is 12. The van der Waals surface area contributed by atoms with Crippen LogP contribution in [0.2, 0.25) is 0 Å². The van der Waals surface area contributed by atoms with Gasteiger partial charge in [-0.3, -0.25) is 29.3 Å². The summed E-state index contributed by atoms with van der Waals surface area (Å²) in [5.74, 6) is -3.87. The lowest BCUT2D eigenvalue weighted by Gasteiger charge is -2.18. The van der Waals surface area contributed by atoms with Crippen LogP contribution in [0.25, 0.3) is 0 Å². The van der Waals surface area contributed by atoms with Gasteiger partial charge in [-0.15, -0.1) is 11.8 Å². The van der Waals surface area contributed by atoms with Crippen LogP contribution in [-0.2, 0) is 19.2 Å². The molecule has 0 unspecified atom stereocenters. The molecule has 1 aromatic carbocycles. The first kappa shape index (κ1) is 23.8. The standard InChI is InChI=1S/C16H20N4O8S/c17-11(16(25)26)5-6-13(21)19-12(15(24)18-7-14(22)23)8-29-10-3-1-9(2-4-10)20(27)28/h1-4,11-12H,5-8,17H2,(H,18,24)(H,19,21)(H,22,23)(H,25,26)/t11-,12-/m0/s1. The molecule has 2 amide bonds. The number of nitro groups is 1. The Labute approximate surface area is 169 Å². The van der Waals surface area contributed by atoms with E-state index in [0.717, 1.165) is 11.8 Å². The van der Waals surface area contributed by atoms with E-state index in [2.05, 4.69) is 10.6 Å². The number of carbonyl (C=O) groups is 4. The highest BCUT2D eigenvalue weighted by Gasteiger charge is 2.22. The van der Waals surface area contributed by atoms with Crippen molar-refractivity contribution in [1.82, 2.24) is 10.6 Å². The minimum absolute atomic E-state index is 0.0139. The summed E-state index contributed by atoms with van der Waals surface area (Å²) in [5, 5.41) is 32.6. The largest absolute Gasteiger partial charge is 0.480 e. The molecule has 6 N–H and O–H groups in total. The van der Waals surface area contributed by atoms with Crippen molar-refractivity contribution >= 4 is 41.2 Å². The van der Waals surface area contributed by atoms with E-state index in [9.17, 15) is 29.3 Å². The van der Waals surface area contributed by atoms with Gasteiger partial charge in [0.2, 0.25) is 11.8 Å². The average Bonchev–Trinajstić information content (AvgIpc) is 2.67. The predicted octanol–water partition coefficient (Wildman–Crippen LogP) is -0.435. The van der Waals surface area contributed by atoms with Gasteiger partial charge in [0, 0.05) is 29.2 Å². The third kappa shape index (κ3) is 9.03. The maximum atomic E-state index is 12.2. The van der Waals surface area contributed by atoms with E-state index in [4.69, 9.17) is 15.9 Å². The fourth-order valence-corrected chi connectivity index (χ4v) is 2.91. The highest BCUT2D eigenvalue weighted by atomic mass is 32.2. The summed E-state index contributed by atoms with van der Waals surface area (Å²) < 4.78 is 0. The minimum atomic E-state index is -1.26. The SMILES string of the molecule is N[C@@H](CCC(=O)N[C@@H](CSc1ccc([N+](=O)[O-])cc1)C(=O)NCC(=O)O)C(=O)O. The molecule has 0 bridgehead atoms. The fourth-order valence-electron chi connectivity index (χ4n) is 1.99. The van der Waals surface area contributed by atoms with Gasteiger partial charge in [-0.1, -0.05) is 0 Å². The van der Waals surface area contributed by atoms with Crippen LogP contribution in [0.15, 0.2) is 29.2 Å². The molecule has 13 heteroatoms. The molecule has 0 aliphatic rings. The van der Waals surface area contributed by atoms with Crippen molar-refractivity contribution in [3.63, 3.8) is 0 Å². The molecule has 1 aromatic rings. The first-order valence-corrected chi connectivity index (χ1v) is 9.23. The normalized spacial score (nSPS) is 12.4. The Morgan fingerprint density at radius 3 is 2.31 bits per heavy atom. The summed E-state index contributed by atoms with van der Waals surface area (Å²) in [4.78, 5) is 56.2. The highest BCUT2D eigenvalue weighted by Crippen LogP contribution is 2.22. The number of nitrogens with one attached hydrogen (secondary N) is 2. The molecule has 0 heterocycles. The van der Waals surface area contributed by atoms with Gasteiger partial charge >= 0.3 is 11.9 Å². The Balaban J connectivity index is 2.72. The Morgan fingerprint density at radius 2 is 1.79 bits per heavy atom. The van der Waals surface area contributed by atoms with Crippen molar-refractivity contribution in [3.8, 4) is 0 Å². The summed E-state index contributed by atoms with van der Waals surface area (Å²) >= 11 is 1.12. The molecule has 1 rings (SSSR count). The molecule has 158 valence electrons. The van der Waals surface area contributed by atoms with Gasteiger partial charge in [-0.2, -0.15) is 0 Å². The zero-order valence-corrected chi connectivity index (χ0v) is 15.9. The minimum Gasteiger partial charge on any atom is -0.480 e. The van der Waals surface area contributed by atoms with Crippen molar-refractivity contribution in [2.45, 2.75) is 29.8 Å². The van der Waals surface area contributed by atoms with Gasteiger partial charge in [0.25, 0.3) is 5.69 Å². The third-order valence-electron chi connectivity index (χ3n) is 3.53. The maximum Gasteiger partial charge on any atom is 0.322 e. The molecular weight excluding hydrogens is 408 g/mol. The van der Waals surface area contributed by atoms with Crippen LogP contribution in [0.4, 0.5) is 5.69 Å². The number of benzene rings is 1. The van der Waals surface area contributed by atoms with Crippen molar-refractivity contribution < 1.29 is 34.3 Å². The number of aliphatic carboxylic acids is 2. The van der Waals surface area contributed by atoms with Gasteiger partial charge in [0.1, 0.15) is 18.6 Å². The molecule has 0 aromatic heterocycles. The topological polar surface area (TPSA) is 202 Å². The van der Waals surface area contributed by atoms with Crippen LogP contribution < -0.4 is 16.4 Å². The van der Waals surface area contributed by atoms with E-state index in [0.29, 0.717) is 4.90 Å². The molecular formula is C16H20N4O8S. The van der Waals surface area contributed by atoms with Crippen LogP contribution in [0.3, 0.4) is 0 Å². The van der Waals surface area contributed by atoms with Crippen LogP contribution in [0.5, 0.6) is 0 Å². The zero-order chi connectivity index (χ0) is 22.0. The highest BCUT2D eigenvalue weighted by molar-refractivity contribution is 7.99. The molecule has 0 spiro atoms. The van der Waals surface area contributed by atoms with Gasteiger partial charge in [-0.05, 0) is 18.6 Å². The number of nitro benzene ring substituents is 1. The summed E-state index contributed by atoms with van der Waals surface area (Å²) in [6.45, 7) is -0.642. The van der Waals surface area contributed by atoms with Gasteiger partial charge < -0.3 is 26.6 Å². The number of carbonyl (C=O) groups excluding carboxylic acids is 2. The lowest BCUT2D eigenvalue weighted by Crippen LogP contribution is -2.49. The Morgan fingerprint density at radius 1 is 1.17 bits per heavy atom. The number of nitrogens with two attached hydrogens (primary N) is 1. The zero-order valence-electron chi connectivity index (χ0n) is 15.1. The van der Waals surface area contributed by atoms with Crippen molar-refractivity contribution in [2.24, 2.45) is 5.73 Å².